The second-order valence-corrected chi connectivity index (χ2v) is 9.01. The van der Waals surface area contributed by atoms with E-state index >= 15 is 0 Å². The Morgan fingerprint density at radius 2 is 1.82 bits per heavy atom. The molecule has 0 atom stereocenters. The lowest BCUT2D eigenvalue weighted by Crippen LogP contribution is -2.30. The molecule has 3 aromatic rings. The Labute approximate surface area is 195 Å². The second kappa shape index (κ2) is 9.88. The van der Waals surface area contributed by atoms with Gasteiger partial charge in [-0.15, -0.1) is 0 Å². The number of carbonyl (C=O) groups excluding carboxylic acids is 1. The smallest absolute Gasteiger partial charge is 0.270 e. The number of ether oxygens (including phenoxy) is 1. The Hall–Kier alpha value is -3.63. The van der Waals surface area contributed by atoms with Gasteiger partial charge >= 0.3 is 0 Å². The average molecular weight is 490 g/mol. The molecule has 0 unspecified atom stereocenters. The number of benzene rings is 3. The lowest BCUT2D eigenvalue weighted by molar-refractivity contribution is -0.384. The van der Waals surface area contributed by atoms with Crippen LogP contribution in [0.15, 0.2) is 71.6 Å². The molecule has 1 N–H and O–H groups in total. The summed E-state index contributed by atoms with van der Waals surface area (Å²) in [7, 11) is -2.60. The van der Waals surface area contributed by atoms with Gasteiger partial charge in [0.2, 0.25) is 0 Å². The molecule has 33 heavy (non-hydrogen) atoms. The lowest BCUT2D eigenvalue weighted by atomic mass is 10.1. The maximum absolute atomic E-state index is 13.3. The van der Waals surface area contributed by atoms with Crippen molar-refractivity contribution in [3.63, 3.8) is 0 Å². The molecule has 11 heteroatoms. The number of para-hydroxylation sites is 1. The van der Waals surface area contributed by atoms with Crippen LogP contribution in [0.4, 0.5) is 17.1 Å². The number of non-ortho nitro benzene ring substituents is 1. The zero-order chi connectivity index (χ0) is 24.2. The molecule has 0 spiro atoms. The molecule has 0 aromatic heterocycles. The van der Waals surface area contributed by atoms with E-state index < -0.39 is 20.9 Å². The molecule has 0 bridgehead atoms. The fraction of sp³-hybridized carbons (Fsp3) is 0.136. The van der Waals surface area contributed by atoms with E-state index in [9.17, 15) is 23.3 Å². The van der Waals surface area contributed by atoms with Crippen molar-refractivity contribution in [1.82, 2.24) is 0 Å². The summed E-state index contributed by atoms with van der Waals surface area (Å²) in [5.74, 6) is -0.557. The highest BCUT2D eigenvalue weighted by molar-refractivity contribution is 7.92. The topological polar surface area (TPSA) is 119 Å². The molecule has 0 saturated carbocycles. The molecule has 3 aromatic carbocycles. The van der Waals surface area contributed by atoms with E-state index in [0.29, 0.717) is 5.69 Å². The number of anilines is 2. The third-order valence-corrected chi connectivity index (χ3v) is 6.97. The van der Waals surface area contributed by atoms with Crippen LogP contribution in [0.3, 0.4) is 0 Å². The first kappa shape index (κ1) is 24.0. The number of methoxy groups -OCH3 is 1. The maximum atomic E-state index is 13.3. The van der Waals surface area contributed by atoms with Crippen molar-refractivity contribution < 1.29 is 22.9 Å². The van der Waals surface area contributed by atoms with Crippen molar-refractivity contribution in [2.24, 2.45) is 0 Å². The number of hydrogen-bond acceptors (Lipinski definition) is 6. The zero-order valence-corrected chi connectivity index (χ0v) is 19.3. The Morgan fingerprint density at radius 3 is 2.42 bits per heavy atom. The summed E-state index contributed by atoms with van der Waals surface area (Å²) in [5.41, 5.74) is 0.106. The number of nitro groups is 1. The first-order chi connectivity index (χ1) is 15.7. The highest BCUT2D eigenvalue weighted by atomic mass is 35.5. The molecule has 0 aliphatic rings. The van der Waals surface area contributed by atoms with Crippen molar-refractivity contribution in [3.8, 4) is 5.75 Å². The van der Waals surface area contributed by atoms with Crippen LogP contribution >= 0.6 is 11.6 Å². The van der Waals surface area contributed by atoms with Crippen LogP contribution in [-0.4, -0.2) is 32.9 Å². The molecule has 0 heterocycles. The van der Waals surface area contributed by atoms with Crippen LogP contribution in [0, 0.1) is 10.1 Å². The van der Waals surface area contributed by atoms with E-state index in [0.717, 1.165) is 6.07 Å². The van der Waals surface area contributed by atoms with Gasteiger partial charge in [0.1, 0.15) is 5.75 Å². The van der Waals surface area contributed by atoms with Crippen LogP contribution in [0.1, 0.15) is 17.3 Å². The predicted octanol–water partition coefficient (Wildman–Crippen LogP) is 4.72. The molecule has 0 aliphatic carbocycles. The molecule has 1 amide bonds. The van der Waals surface area contributed by atoms with Gasteiger partial charge in [-0.3, -0.25) is 19.2 Å². The summed E-state index contributed by atoms with van der Waals surface area (Å²) in [6.07, 6.45) is 0. The van der Waals surface area contributed by atoms with Crippen LogP contribution in [0.2, 0.25) is 5.02 Å². The minimum atomic E-state index is -3.97. The van der Waals surface area contributed by atoms with Crippen LogP contribution in [-0.2, 0) is 10.0 Å². The molecule has 3 rings (SSSR count). The number of halogens is 1. The molecular weight excluding hydrogens is 470 g/mol. The Kier molecular flexibility index (Phi) is 7.19. The molecule has 9 nitrogen and oxygen atoms in total. The maximum Gasteiger partial charge on any atom is 0.270 e. The Bertz CT molecular complexity index is 1300. The van der Waals surface area contributed by atoms with Crippen molar-refractivity contribution in [2.75, 3.05) is 23.3 Å². The van der Waals surface area contributed by atoms with Crippen molar-refractivity contribution >= 4 is 44.6 Å². The van der Waals surface area contributed by atoms with E-state index in [2.05, 4.69) is 5.32 Å². The predicted molar refractivity (Wildman–Crippen MR) is 126 cm³/mol. The summed E-state index contributed by atoms with van der Waals surface area (Å²) in [4.78, 5) is 23.1. The van der Waals surface area contributed by atoms with Gasteiger partial charge < -0.3 is 10.1 Å². The van der Waals surface area contributed by atoms with Crippen LogP contribution in [0.5, 0.6) is 5.75 Å². The van der Waals surface area contributed by atoms with Gasteiger partial charge in [0, 0.05) is 18.7 Å². The SMILES string of the molecule is CCN(c1ccccc1)S(=O)(=O)c1ccc(OC)c(NC(=O)c2cc([N+](=O)[O-])ccc2Cl)c1. The molecular formula is C22H20ClN3O6S. The van der Waals surface area contributed by atoms with Gasteiger partial charge in [-0.2, -0.15) is 0 Å². The minimum absolute atomic E-state index is 0.00192. The lowest BCUT2D eigenvalue weighted by Gasteiger charge is -2.23. The fourth-order valence-corrected chi connectivity index (χ4v) is 4.85. The highest BCUT2D eigenvalue weighted by Gasteiger charge is 2.25. The first-order valence-corrected chi connectivity index (χ1v) is 11.5. The van der Waals surface area contributed by atoms with Crippen molar-refractivity contribution in [2.45, 2.75) is 11.8 Å². The van der Waals surface area contributed by atoms with Gasteiger partial charge in [0.25, 0.3) is 21.6 Å². The molecule has 172 valence electrons. The Morgan fingerprint density at radius 1 is 1.12 bits per heavy atom. The van der Waals surface area contributed by atoms with E-state index in [1.54, 1.807) is 37.3 Å². The summed E-state index contributed by atoms with van der Waals surface area (Å²) in [6.45, 7) is 1.89. The van der Waals surface area contributed by atoms with Crippen LogP contribution < -0.4 is 14.4 Å². The number of carbonyl (C=O) groups is 1. The van der Waals surface area contributed by atoms with E-state index in [4.69, 9.17) is 16.3 Å². The quantitative estimate of drug-likeness (QED) is 0.361. The average Bonchev–Trinajstić information content (AvgIpc) is 2.80. The monoisotopic (exact) mass is 489 g/mol. The van der Waals surface area contributed by atoms with Gasteiger partial charge in [0.15, 0.2) is 0 Å². The molecule has 0 radical (unpaired) electrons. The first-order valence-electron chi connectivity index (χ1n) is 9.70. The number of nitrogens with zero attached hydrogens (tertiary/aromatic N) is 2. The van der Waals surface area contributed by atoms with E-state index in [-0.39, 0.29) is 39.2 Å². The van der Waals surface area contributed by atoms with Gasteiger partial charge in [0.05, 0.1) is 38.9 Å². The number of nitrogens with one attached hydrogen (secondary N) is 1. The molecule has 0 aliphatic heterocycles. The standard InChI is InChI=1S/C22H20ClN3O6S/c1-3-25(15-7-5-4-6-8-15)33(30,31)17-10-12-21(32-2)20(14-17)24-22(27)18-13-16(26(28)29)9-11-19(18)23/h4-14H,3H2,1-2H3,(H,24,27). The number of rotatable bonds is 8. The van der Waals surface area contributed by atoms with Crippen LogP contribution in [0.25, 0.3) is 0 Å². The zero-order valence-electron chi connectivity index (χ0n) is 17.7. The molecule has 0 saturated heterocycles. The van der Waals surface area contributed by atoms with Crippen molar-refractivity contribution in [1.29, 1.82) is 0 Å². The normalized spacial score (nSPS) is 11.0. The largest absolute Gasteiger partial charge is 0.495 e. The van der Waals surface area contributed by atoms with Gasteiger partial charge in [-0.1, -0.05) is 29.8 Å². The fourth-order valence-electron chi connectivity index (χ4n) is 3.15. The number of nitro benzene ring substituents is 1. The Balaban J connectivity index is 2.00. The van der Waals surface area contributed by atoms with Gasteiger partial charge in [-0.05, 0) is 43.3 Å². The minimum Gasteiger partial charge on any atom is -0.495 e. The summed E-state index contributed by atoms with van der Waals surface area (Å²) >= 11 is 6.05. The summed E-state index contributed by atoms with van der Waals surface area (Å²) in [5, 5.41) is 13.6. The van der Waals surface area contributed by atoms with Gasteiger partial charge in [-0.25, -0.2) is 8.42 Å². The van der Waals surface area contributed by atoms with E-state index in [1.807, 2.05) is 0 Å². The number of sulfonamides is 1. The third kappa shape index (κ3) is 5.07. The number of amides is 1. The van der Waals surface area contributed by atoms with E-state index in [1.165, 1.54) is 41.7 Å². The summed E-state index contributed by atoms with van der Waals surface area (Å²) < 4.78 is 33.1. The highest BCUT2D eigenvalue weighted by Crippen LogP contribution is 2.32. The van der Waals surface area contributed by atoms with Crippen molar-refractivity contribution in [3.05, 3.63) is 87.4 Å². The second-order valence-electron chi connectivity index (χ2n) is 6.74. The summed E-state index contributed by atoms with van der Waals surface area (Å²) in [6, 6.07) is 16.1. The number of hydrogen-bond donors (Lipinski definition) is 1. The molecule has 0 fully saturated rings. The third-order valence-electron chi connectivity index (χ3n) is 4.74.